The Hall–Kier alpha value is -3.48. The van der Waals surface area contributed by atoms with Crippen molar-refractivity contribution in [2.75, 3.05) is 13.2 Å². The number of carbonyl (C=O) groups excluding carboxylic acids is 1. The fourth-order valence-corrected chi connectivity index (χ4v) is 3.86. The Balaban J connectivity index is 1.55. The van der Waals surface area contributed by atoms with Crippen molar-refractivity contribution in [3.05, 3.63) is 53.6 Å². The molecule has 3 aromatic heterocycles. The molecule has 3 aromatic rings. The van der Waals surface area contributed by atoms with Gasteiger partial charge in [0, 0.05) is 25.1 Å². The molecule has 0 aromatic carbocycles. The highest BCUT2D eigenvalue weighted by Crippen LogP contribution is 2.37. The number of halogens is 4. The van der Waals surface area contributed by atoms with E-state index in [-0.39, 0.29) is 19.8 Å². The van der Waals surface area contributed by atoms with Crippen LogP contribution in [0.1, 0.15) is 27.9 Å². The van der Waals surface area contributed by atoms with E-state index in [2.05, 4.69) is 25.1 Å². The van der Waals surface area contributed by atoms with Crippen molar-refractivity contribution in [2.45, 2.75) is 24.8 Å². The minimum Gasteiger partial charge on any atom is -0.377 e. The highest BCUT2D eigenvalue weighted by molar-refractivity contribution is 5.95. The molecule has 0 radical (unpaired) electrons. The van der Waals surface area contributed by atoms with E-state index in [0.717, 1.165) is 12.3 Å². The predicted octanol–water partition coefficient (Wildman–Crippen LogP) is 1.88. The molecule has 160 valence electrons. The lowest BCUT2D eigenvalue weighted by Gasteiger charge is -2.45. The maximum atomic E-state index is 14.6. The zero-order valence-electron chi connectivity index (χ0n) is 15.6. The summed E-state index contributed by atoms with van der Waals surface area (Å²) in [5, 5.41) is 8.25. The minimum absolute atomic E-state index is 0.0366. The standard InChI is InChI=1S/C18H13F4N7O2/c19-12-10(2-5-23-13(12)18(20,21)22)17(30)29-9-6-28-15(11(29)8-31-7-9)26-27-16(28)14-24-3-1-4-25-14/h1-5,9,11H,6-8H2. The Morgan fingerprint density at radius 1 is 1.10 bits per heavy atom. The molecule has 5 heterocycles. The van der Waals surface area contributed by atoms with Gasteiger partial charge in [-0.3, -0.25) is 4.79 Å². The first kappa shape index (κ1) is 19.5. The number of ether oxygens (including phenoxy) is 1. The van der Waals surface area contributed by atoms with Gasteiger partial charge < -0.3 is 14.2 Å². The number of fused-ring (bicyclic) bond motifs is 4. The van der Waals surface area contributed by atoms with Crippen LogP contribution in [0, 0.1) is 5.82 Å². The van der Waals surface area contributed by atoms with Gasteiger partial charge in [0.2, 0.25) is 5.82 Å². The van der Waals surface area contributed by atoms with Gasteiger partial charge in [0.25, 0.3) is 5.91 Å². The number of carbonyl (C=O) groups is 1. The third-order valence-electron chi connectivity index (χ3n) is 5.17. The molecule has 31 heavy (non-hydrogen) atoms. The van der Waals surface area contributed by atoms with E-state index in [1.165, 1.54) is 4.90 Å². The summed E-state index contributed by atoms with van der Waals surface area (Å²) >= 11 is 0. The van der Waals surface area contributed by atoms with Gasteiger partial charge in [0.05, 0.1) is 24.8 Å². The highest BCUT2D eigenvalue weighted by atomic mass is 19.4. The number of rotatable bonds is 2. The van der Waals surface area contributed by atoms with Gasteiger partial charge in [-0.15, -0.1) is 10.2 Å². The molecule has 0 aliphatic carbocycles. The van der Waals surface area contributed by atoms with Crippen molar-refractivity contribution < 1.29 is 27.1 Å². The fourth-order valence-electron chi connectivity index (χ4n) is 3.86. The van der Waals surface area contributed by atoms with Crippen LogP contribution in [0.15, 0.2) is 30.7 Å². The van der Waals surface area contributed by atoms with Crippen molar-refractivity contribution in [2.24, 2.45) is 0 Å². The Bertz CT molecular complexity index is 1150. The van der Waals surface area contributed by atoms with E-state index in [1.807, 2.05) is 0 Å². The van der Waals surface area contributed by atoms with Crippen LogP contribution >= 0.6 is 0 Å². The molecular weight excluding hydrogens is 422 g/mol. The highest BCUT2D eigenvalue weighted by Gasteiger charge is 2.46. The summed E-state index contributed by atoms with van der Waals surface area (Å²) in [6.45, 7) is 0.347. The molecule has 1 saturated heterocycles. The number of nitrogens with zero attached hydrogens (tertiary/aromatic N) is 7. The average Bonchev–Trinajstić information content (AvgIpc) is 3.16. The summed E-state index contributed by atoms with van der Waals surface area (Å²) in [6.07, 6.45) is -1.15. The Morgan fingerprint density at radius 2 is 1.87 bits per heavy atom. The molecule has 1 amide bonds. The van der Waals surface area contributed by atoms with Gasteiger partial charge in [0.1, 0.15) is 6.04 Å². The summed E-state index contributed by atoms with van der Waals surface area (Å²) in [5.74, 6) is -1.50. The lowest BCUT2D eigenvalue weighted by molar-refractivity contribution is -0.143. The van der Waals surface area contributed by atoms with E-state index in [1.54, 1.807) is 23.0 Å². The fraction of sp³-hybridized carbons (Fsp3) is 0.333. The third-order valence-corrected chi connectivity index (χ3v) is 5.17. The van der Waals surface area contributed by atoms with Crippen molar-refractivity contribution in [3.8, 4) is 11.6 Å². The first-order chi connectivity index (χ1) is 14.9. The Kier molecular flexibility index (Phi) is 4.43. The van der Waals surface area contributed by atoms with Crippen molar-refractivity contribution in [1.82, 2.24) is 34.6 Å². The molecule has 2 aliphatic heterocycles. The van der Waals surface area contributed by atoms with Crippen LogP contribution in [-0.2, 0) is 17.5 Å². The van der Waals surface area contributed by atoms with Crippen LogP contribution in [0.25, 0.3) is 11.6 Å². The first-order valence-corrected chi connectivity index (χ1v) is 9.19. The van der Waals surface area contributed by atoms with Crippen LogP contribution in [-0.4, -0.2) is 59.8 Å². The lowest BCUT2D eigenvalue weighted by atomic mass is 10.0. The van der Waals surface area contributed by atoms with Crippen molar-refractivity contribution in [1.29, 1.82) is 0 Å². The molecule has 1 fully saturated rings. The number of alkyl halides is 3. The summed E-state index contributed by atoms with van der Waals surface area (Å²) < 4.78 is 61.0. The van der Waals surface area contributed by atoms with Crippen LogP contribution in [0.5, 0.6) is 0 Å². The van der Waals surface area contributed by atoms with Crippen molar-refractivity contribution in [3.63, 3.8) is 0 Å². The topological polar surface area (TPSA) is 98.9 Å². The summed E-state index contributed by atoms with van der Waals surface area (Å²) in [6, 6.07) is 1.26. The largest absolute Gasteiger partial charge is 0.436 e. The molecule has 9 nitrogen and oxygen atoms in total. The molecule has 5 rings (SSSR count). The second kappa shape index (κ2) is 7.04. The third kappa shape index (κ3) is 3.12. The molecule has 2 aliphatic rings. The summed E-state index contributed by atoms with van der Waals surface area (Å²) in [5.41, 5.74) is -2.44. The molecule has 2 bridgehead atoms. The number of aromatic nitrogens is 6. The van der Waals surface area contributed by atoms with E-state index in [9.17, 15) is 22.4 Å². The van der Waals surface area contributed by atoms with Crippen molar-refractivity contribution >= 4 is 5.91 Å². The van der Waals surface area contributed by atoms with Gasteiger partial charge in [0.15, 0.2) is 23.2 Å². The number of morpholine rings is 1. The van der Waals surface area contributed by atoms with E-state index in [4.69, 9.17) is 4.74 Å². The molecule has 2 unspecified atom stereocenters. The SMILES string of the molecule is O=C(c1ccnc(C(F)(F)F)c1F)N1C2COCC1c1nnc(-c3ncccn3)n1C2. The predicted molar refractivity (Wildman–Crippen MR) is 93.8 cm³/mol. The zero-order valence-corrected chi connectivity index (χ0v) is 15.6. The molecular formula is C18H13F4N7O2. The summed E-state index contributed by atoms with van der Waals surface area (Å²) in [7, 11) is 0. The second-order valence-corrected chi connectivity index (χ2v) is 7.00. The number of hydrogen-bond acceptors (Lipinski definition) is 7. The normalized spacial score (nSPS) is 20.5. The quantitative estimate of drug-likeness (QED) is 0.567. The first-order valence-electron chi connectivity index (χ1n) is 9.19. The van der Waals surface area contributed by atoms with Crippen LogP contribution in [0.3, 0.4) is 0 Å². The van der Waals surface area contributed by atoms with Crippen LogP contribution < -0.4 is 0 Å². The number of hydrogen-bond donors (Lipinski definition) is 0. The van der Waals surface area contributed by atoms with Gasteiger partial charge in [-0.05, 0) is 12.1 Å². The van der Waals surface area contributed by atoms with Crippen LogP contribution in [0.2, 0.25) is 0 Å². The molecule has 13 heteroatoms. The monoisotopic (exact) mass is 435 g/mol. The van der Waals surface area contributed by atoms with E-state index < -0.39 is 41.2 Å². The number of pyridine rings is 1. The molecule has 0 N–H and O–H groups in total. The molecule has 0 spiro atoms. The maximum Gasteiger partial charge on any atom is 0.436 e. The zero-order chi connectivity index (χ0) is 21.8. The van der Waals surface area contributed by atoms with Gasteiger partial charge in [-0.25, -0.2) is 19.3 Å². The van der Waals surface area contributed by atoms with Gasteiger partial charge >= 0.3 is 6.18 Å². The molecule has 2 atom stereocenters. The van der Waals surface area contributed by atoms with Gasteiger partial charge in [-0.2, -0.15) is 13.2 Å². The smallest absolute Gasteiger partial charge is 0.377 e. The summed E-state index contributed by atoms with van der Waals surface area (Å²) in [4.78, 5) is 25.8. The lowest BCUT2D eigenvalue weighted by Crippen LogP contribution is -2.56. The van der Waals surface area contributed by atoms with Crippen LogP contribution in [0.4, 0.5) is 17.6 Å². The minimum atomic E-state index is -5.02. The average molecular weight is 435 g/mol. The number of amides is 1. The van der Waals surface area contributed by atoms with E-state index >= 15 is 0 Å². The maximum absolute atomic E-state index is 14.6. The second-order valence-electron chi connectivity index (χ2n) is 7.00. The Labute approximate surface area is 171 Å². The molecule has 0 saturated carbocycles. The Morgan fingerprint density at radius 3 is 2.61 bits per heavy atom. The van der Waals surface area contributed by atoms with Gasteiger partial charge in [-0.1, -0.05) is 0 Å². The van der Waals surface area contributed by atoms with E-state index in [0.29, 0.717) is 17.5 Å².